The van der Waals surface area contributed by atoms with E-state index in [-0.39, 0.29) is 18.6 Å². The number of carbonyl (C=O) groups excluding carboxylic acids is 1. The van der Waals surface area contributed by atoms with Gasteiger partial charge < -0.3 is 14.5 Å². The van der Waals surface area contributed by atoms with E-state index < -0.39 is 0 Å². The van der Waals surface area contributed by atoms with Crippen molar-refractivity contribution in [3.63, 3.8) is 0 Å². The molecule has 2 aromatic rings. The normalized spacial score (nSPS) is 16.2. The Labute approximate surface area is 167 Å². The van der Waals surface area contributed by atoms with Gasteiger partial charge in [-0.3, -0.25) is 9.69 Å². The number of thioether (sulfide) groups is 1. The Morgan fingerprint density at radius 2 is 2.12 bits per heavy atom. The molecular weight excluding hydrogens is 395 g/mol. The summed E-state index contributed by atoms with van der Waals surface area (Å²) < 4.78 is 10.7. The highest BCUT2D eigenvalue weighted by Gasteiger charge is 2.24. The monoisotopic (exact) mass is 414 g/mol. The number of nitrogens with one attached hydrogen (secondary N) is 1. The van der Waals surface area contributed by atoms with E-state index in [1.54, 1.807) is 30.7 Å². The number of benzene rings is 1. The van der Waals surface area contributed by atoms with Gasteiger partial charge in [0.25, 0.3) is 5.91 Å². The number of rotatable bonds is 7. The van der Waals surface area contributed by atoms with E-state index in [1.807, 2.05) is 17.8 Å². The second-order valence-corrected chi connectivity index (χ2v) is 7.96. The van der Waals surface area contributed by atoms with Gasteiger partial charge in [0, 0.05) is 41.7 Å². The predicted octanol–water partition coefficient (Wildman–Crippen LogP) is 3.87. The molecule has 0 aliphatic carbocycles. The van der Waals surface area contributed by atoms with Crippen LogP contribution in [0.5, 0.6) is 5.75 Å². The van der Waals surface area contributed by atoms with E-state index >= 15 is 0 Å². The molecule has 1 saturated heterocycles. The Balaban J connectivity index is 1.53. The number of amides is 1. The lowest BCUT2D eigenvalue weighted by molar-refractivity contribution is -0.123. The van der Waals surface area contributed by atoms with E-state index in [0.717, 1.165) is 30.2 Å². The summed E-state index contributed by atoms with van der Waals surface area (Å²) in [6.45, 7) is 2.39. The third kappa shape index (κ3) is 5.33. The average molecular weight is 415 g/mol. The molecular formula is C18H20Cl2N2O3S. The molecule has 3 rings (SSSR count). The molecule has 8 heteroatoms. The van der Waals surface area contributed by atoms with Crippen molar-refractivity contribution in [1.82, 2.24) is 10.2 Å². The van der Waals surface area contributed by atoms with Crippen LogP contribution in [0.2, 0.25) is 10.0 Å². The number of halogens is 2. The number of hydrogen-bond acceptors (Lipinski definition) is 5. The van der Waals surface area contributed by atoms with Crippen molar-refractivity contribution in [2.75, 3.05) is 37.7 Å². The molecule has 0 radical (unpaired) electrons. The number of hydrogen-bond donors (Lipinski definition) is 1. The number of ether oxygens (including phenoxy) is 1. The molecule has 1 aromatic heterocycles. The van der Waals surface area contributed by atoms with Crippen LogP contribution in [0.4, 0.5) is 0 Å². The fourth-order valence-corrected chi connectivity index (χ4v) is 4.20. The molecule has 140 valence electrons. The van der Waals surface area contributed by atoms with Gasteiger partial charge in [-0.25, -0.2) is 0 Å². The molecule has 0 bridgehead atoms. The predicted molar refractivity (Wildman–Crippen MR) is 105 cm³/mol. The van der Waals surface area contributed by atoms with E-state index in [9.17, 15) is 4.79 Å². The lowest BCUT2D eigenvalue weighted by atomic mass is 10.1. The van der Waals surface area contributed by atoms with E-state index in [0.29, 0.717) is 22.3 Å². The summed E-state index contributed by atoms with van der Waals surface area (Å²) in [4.78, 5) is 14.6. The van der Waals surface area contributed by atoms with Crippen LogP contribution < -0.4 is 10.1 Å². The molecule has 1 aromatic carbocycles. The van der Waals surface area contributed by atoms with Gasteiger partial charge in [0.15, 0.2) is 6.61 Å². The van der Waals surface area contributed by atoms with Crippen molar-refractivity contribution in [2.24, 2.45) is 0 Å². The van der Waals surface area contributed by atoms with E-state index in [2.05, 4.69) is 10.2 Å². The lowest BCUT2D eigenvalue weighted by Crippen LogP contribution is -2.42. The Hall–Kier alpha value is -1.34. The first-order valence-corrected chi connectivity index (χ1v) is 10.2. The molecule has 1 atom stereocenters. The Morgan fingerprint density at radius 1 is 1.31 bits per heavy atom. The number of furan rings is 1. The zero-order chi connectivity index (χ0) is 18.4. The maximum Gasteiger partial charge on any atom is 0.258 e. The first-order valence-electron chi connectivity index (χ1n) is 8.32. The van der Waals surface area contributed by atoms with Crippen LogP contribution in [-0.4, -0.2) is 48.6 Å². The molecule has 0 spiro atoms. The standard InChI is InChI=1S/C18H20Cl2N2O3S/c19-14-1-2-17(15(20)9-14)25-12-18(23)21-10-16(13-3-6-24-11-13)22-4-7-26-8-5-22/h1-3,6,9,11,16H,4-5,7-8,10,12H2,(H,21,23)/t16-/m0/s1. The fraction of sp³-hybridized carbons (Fsp3) is 0.389. The van der Waals surface area contributed by atoms with Gasteiger partial charge >= 0.3 is 0 Å². The van der Waals surface area contributed by atoms with Crippen molar-refractivity contribution >= 4 is 40.9 Å². The average Bonchev–Trinajstić information content (AvgIpc) is 3.16. The number of carbonyl (C=O) groups is 1. The second-order valence-electron chi connectivity index (χ2n) is 5.89. The minimum atomic E-state index is -0.198. The molecule has 1 amide bonds. The Kier molecular flexibility index (Phi) is 7.14. The molecule has 1 N–H and O–H groups in total. The first-order chi connectivity index (χ1) is 12.6. The number of nitrogens with zero attached hydrogens (tertiary/aromatic N) is 1. The summed E-state index contributed by atoms with van der Waals surface area (Å²) in [6, 6.07) is 6.95. The van der Waals surface area contributed by atoms with Gasteiger partial charge in [0.05, 0.1) is 23.6 Å². The molecule has 2 heterocycles. The van der Waals surface area contributed by atoms with Crippen LogP contribution >= 0.6 is 35.0 Å². The van der Waals surface area contributed by atoms with Crippen molar-refractivity contribution in [3.05, 3.63) is 52.4 Å². The molecule has 26 heavy (non-hydrogen) atoms. The largest absolute Gasteiger partial charge is 0.482 e. The van der Waals surface area contributed by atoms with Crippen LogP contribution in [0.3, 0.4) is 0 Å². The minimum Gasteiger partial charge on any atom is -0.482 e. The van der Waals surface area contributed by atoms with E-state index in [1.165, 1.54) is 0 Å². The van der Waals surface area contributed by atoms with Crippen LogP contribution in [0.1, 0.15) is 11.6 Å². The summed E-state index contributed by atoms with van der Waals surface area (Å²) in [7, 11) is 0. The summed E-state index contributed by atoms with van der Waals surface area (Å²) in [5.74, 6) is 2.43. The summed E-state index contributed by atoms with van der Waals surface area (Å²) in [5.41, 5.74) is 1.07. The van der Waals surface area contributed by atoms with Gasteiger partial charge in [0.2, 0.25) is 0 Å². The van der Waals surface area contributed by atoms with Crippen LogP contribution in [-0.2, 0) is 4.79 Å². The van der Waals surface area contributed by atoms with Gasteiger partial charge in [-0.1, -0.05) is 23.2 Å². The van der Waals surface area contributed by atoms with Crippen LogP contribution in [0, 0.1) is 0 Å². The SMILES string of the molecule is O=C(COc1ccc(Cl)cc1Cl)NC[C@@H](c1ccoc1)N1CCSCC1. The van der Waals surface area contributed by atoms with Gasteiger partial charge in [-0.2, -0.15) is 11.8 Å². The summed E-state index contributed by atoms with van der Waals surface area (Å²) in [5, 5.41) is 3.85. The maximum atomic E-state index is 12.2. The highest BCUT2D eigenvalue weighted by Crippen LogP contribution is 2.27. The molecule has 0 unspecified atom stereocenters. The summed E-state index contributed by atoms with van der Waals surface area (Å²) in [6.07, 6.45) is 3.40. The van der Waals surface area contributed by atoms with Crippen LogP contribution in [0.25, 0.3) is 0 Å². The quantitative estimate of drug-likeness (QED) is 0.744. The van der Waals surface area contributed by atoms with Gasteiger partial charge in [-0.15, -0.1) is 0 Å². The van der Waals surface area contributed by atoms with Gasteiger partial charge in [0.1, 0.15) is 5.75 Å². The third-order valence-corrected chi connectivity index (χ3v) is 5.63. The zero-order valence-corrected chi connectivity index (χ0v) is 16.4. The molecule has 0 saturated carbocycles. The minimum absolute atomic E-state index is 0.0951. The molecule has 5 nitrogen and oxygen atoms in total. The molecule has 1 fully saturated rings. The zero-order valence-electron chi connectivity index (χ0n) is 14.1. The Morgan fingerprint density at radius 3 is 2.81 bits per heavy atom. The highest BCUT2D eigenvalue weighted by atomic mass is 35.5. The first kappa shape index (κ1) is 19.4. The van der Waals surface area contributed by atoms with Gasteiger partial charge in [-0.05, 0) is 24.3 Å². The fourth-order valence-electron chi connectivity index (χ4n) is 2.81. The summed E-state index contributed by atoms with van der Waals surface area (Å²) >= 11 is 13.9. The smallest absolute Gasteiger partial charge is 0.258 e. The van der Waals surface area contributed by atoms with Crippen LogP contribution in [0.15, 0.2) is 41.2 Å². The van der Waals surface area contributed by atoms with Crippen molar-refractivity contribution < 1.29 is 13.9 Å². The second kappa shape index (κ2) is 9.55. The highest BCUT2D eigenvalue weighted by molar-refractivity contribution is 7.99. The van der Waals surface area contributed by atoms with E-state index in [4.69, 9.17) is 32.4 Å². The maximum absolute atomic E-state index is 12.2. The van der Waals surface area contributed by atoms with Crippen molar-refractivity contribution in [1.29, 1.82) is 0 Å². The third-order valence-electron chi connectivity index (χ3n) is 4.16. The topological polar surface area (TPSA) is 54.7 Å². The van der Waals surface area contributed by atoms with Crippen molar-refractivity contribution in [2.45, 2.75) is 6.04 Å². The molecule has 1 aliphatic heterocycles. The van der Waals surface area contributed by atoms with Crippen molar-refractivity contribution in [3.8, 4) is 5.75 Å². The Bertz CT molecular complexity index is 721. The molecule has 1 aliphatic rings. The lowest BCUT2D eigenvalue weighted by Gasteiger charge is -2.33.